The number of nitrogens with zero attached hydrogens (tertiary/aromatic N) is 3. The van der Waals surface area contributed by atoms with Crippen LogP contribution in [0.2, 0.25) is 0 Å². The maximum absolute atomic E-state index is 13.4. The van der Waals surface area contributed by atoms with Gasteiger partial charge in [-0.15, -0.1) is 11.3 Å². The number of hydrogen-bond acceptors (Lipinski definition) is 5. The number of fused-ring (bicyclic) bond motifs is 2. The molecule has 2 aromatic carbocycles. The number of thiophene rings is 1. The minimum absolute atomic E-state index is 0.0870. The van der Waals surface area contributed by atoms with E-state index in [1.54, 1.807) is 0 Å². The van der Waals surface area contributed by atoms with Crippen molar-refractivity contribution < 1.29 is 4.79 Å². The van der Waals surface area contributed by atoms with E-state index in [1.807, 2.05) is 46.7 Å². The molecule has 2 aliphatic rings. The average molecular weight is 471 g/mol. The maximum atomic E-state index is 13.4. The third kappa shape index (κ3) is 3.80. The standard InChI is InChI=1S/C27H26N4O2S/c32-25-24-23(22(17-34-24)19-8-2-1-3-9-19)28-27(29-25)31-13-6-11-21(16-31)26(33)30-14-12-18-7-4-5-10-20(18)15-30/h1-5,7-10,17,21H,6,11-16H2,(H,28,29,32)/t21-/m1/s1. The van der Waals surface area contributed by atoms with Crippen molar-refractivity contribution in [1.82, 2.24) is 14.9 Å². The number of piperidine rings is 1. The first-order chi connectivity index (χ1) is 16.7. The van der Waals surface area contributed by atoms with Gasteiger partial charge in [0.15, 0.2) is 0 Å². The second-order valence-corrected chi connectivity index (χ2v) is 10.0. The smallest absolute Gasteiger partial charge is 0.270 e. The number of anilines is 1. The minimum atomic E-state index is -0.117. The normalized spacial score (nSPS) is 18.2. The first kappa shape index (κ1) is 21.1. The Hall–Kier alpha value is -3.45. The van der Waals surface area contributed by atoms with Crippen LogP contribution >= 0.6 is 11.3 Å². The second kappa shape index (κ2) is 8.72. The van der Waals surface area contributed by atoms with Crippen LogP contribution in [0.25, 0.3) is 21.3 Å². The van der Waals surface area contributed by atoms with Crippen molar-refractivity contribution in [3.05, 3.63) is 81.5 Å². The molecule has 172 valence electrons. The summed E-state index contributed by atoms with van der Waals surface area (Å²) in [6.45, 7) is 2.81. The SMILES string of the molecule is O=C([C@@H]1CCCN(c2nc3c(-c4ccccc4)csc3c(=O)[nH]2)C1)N1CCc2ccccc2C1. The van der Waals surface area contributed by atoms with E-state index in [-0.39, 0.29) is 17.4 Å². The molecular weight excluding hydrogens is 444 g/mol. The molecular formula is C27H26N4O2S. The lowest BCUT2D eigenvalue weighted by atomic mass is 9.94. The number of carbonyl (C=O) groups excluding carboxylic acids is 1. The summed E-state index contributed by atoms with van der Waals surface area (Å²) >= 11 is 1.42. The van der Waals surface area contributed by atoms with Crippen LogP contribution in [0.15, 0.2) is 64.8 Å². The van der Waals surface area contributed by atoms with Gasteiger partial charge in [-0.1, -0.05) is 54.6 Å². The predicted octanol–water partition coefficient (Wildman–Crippen LogP) is 4.45. The van der Waals surface area contributed by atoms with E-state index in [4.69, 9.17) is 4.98 Å². The molecule has 2 aliphatic heterocycles. The fraction of sp³-hybridized carbons (Fsp3) is 0.296. The molecule has 1 N–H and O–H groups in total. The van der Waals surface area contributed by atoms with Crippen molar-refractivity contribution in [3.8, 4) is 11.1 Å². The van der Waals surface area contributed by atoms with Gasteiger partial charge in [0.25, 0.3) is 5.56 Å². The van der Waals surface area contributed by atoms with E-state index in [0.29, 0.717) is 23.7 Å². The summed E-state index contributed by atoms with van der Waals surface area (Å²) < 4.78 is 0.638. The monoisotopic (exact) mass is 470 g/mol. The molecule has 4 heterocycles. The molecule has 4 aromatic rings. The number of rotatable bonds is 3. The zero-order valence-corrected chi connectivity index (χ0v) is 19.7. The molecule has 34 heavy (non-hydrogen) atoms. The number of aromatic amines is 1. The average Bonchev–Trinajstić information content (AvgIpc) is 3.33. The molecule has 6 rings (SSSR count). The van der Waals surface area contributed by atoms with Crippen LogP contribution in [0, 0.1) is 5.92 Å². The predicted molar refractivity (Wildman–Crippen MR) is 136 cm³/mol. The Morgan fingerprint density at radius 1 is 1.03 bits per heavy atom. The van der Waals surface area contributed by atoms with Crippen molar-refractivity contribution in [3.63, 3.8) is 0 Å². The van der Waals surface area contributed by atoms with Gasteiger partial charge in [-0.05, 0) is 36.0 Å². The summed E-state index contributed by atoms with van der Waals surface area (Å²) in [5.41, 5.74) is 5.23. The van der Waals surface area contributed by atoms with Gasteiger partial charge in [0.2, 0.25) is 11.9 Å². The fourth-order valence-electron chi connectivity index (χ4n) is 5.20. The Morgan fingerprint density at radius 3 is 2.68 bits per heavy atom. The molecule has 1 saturated heterocycles. The molecule has 0 spiro atoms. The highest BCUT2D eigenvalue weighted by molar-refractivity contribution is 7.17. The molecule has 6 nitrogen and oxygen atoms in total. The number of amides is 1. The number of aromatic nitrogens is 2. The summed E-state index contributed by atoms with van der Waals surface area (Å²) in [4.78, 5) is 38.3. The largest absolute Gasteiger partial charge is 0.342 e. The van der Waals surface area contributed by atoms with Crippen molar-refractivity contribution in [1.29, 1.82) is 0 Å². The topological polar surface area (TPSA) is 69.3 Å². The Kier molecular flexibility index (Phi) is 5.41. The zero-order valence-electron chi connectivity index (χ0n) is 18.9. The second-order valence-electron chi connectivity index (χ2n) is 9.15. The van der Waals surface area contributed by atoms with E-state index in [2.05, 4.69) is 28.1 Å². The molecule has 1 fully saturated rings. The zero-order chi connectivity index (χ0) is 23.1. The van der Waals surface area contributed by atoms with Crippen LogP contribution in [-0.4, -0.2) is 40.4 Å². The number of benzene rings is 2. The summed E-state index contributed by atoms with van der Waals surface area (Å²) in [5.74, 6) is 0.689. The van der Waals surface area contributed by atoms with Crippen molar-refractivity contribution >= 4 is 33.4 Å². The molecule has 0 aliphatic carbocycles. The molecule has 1 amide bonds. The molecule has 0 radical (unpaired) electrons. The number of carbonyl (C=O) groups is 1. The van der Waals surface area contributed by atoms with Gasteiger partial charge in [0.1, 0.15) is 4.70 Å². The first-order valence-corrected chi connectivity index (χ1v) is 12.7. The van der Waals surface area contributed by atoms with Crippen LogP contribution in [0.1, 0.15) is 24.0 Å². The van der Waals surface area contributed by atoms with Gasteiger partial charge >= 0.3 is 0 Å². The number of hydrogen-bond donors (Lipinski definition) is 1. The lowest BCUT2D eigenvalue weighted by Gasteiger charge is -2.37. The van der Waals surface area contributed by atoms with Crippen LogP contribution in [0.4, 0.5) is 5.95 Å². The molecule has 0 unspecified atom stereocenters. The summed E-state index contributed by atoms with van der Waals surface area (Å²) in [7, 11) is 0. The van der Waals surface area contributed by atoms with Crippen LogP contribution < -0.4 is 10.5 Å². The highest BCUT2D eigenvalue weighted by Crippen LogP contribution is 2.32. The Morgan fingerprint density at radius 2 is 1.82 bits per heavy atom. The van der Waals surface area contributed by atoms with E-state index in [9.17, 15) is 9.59 Å². The number of nitrogens with one attached hydrogen (secondary N) is 1. The van der Waals surface area contributed by atoms with E-state index >= 15 is 0 Å². The van der Waals surface area contributed by atoms with Crippen molar-refractivity contribution in [2.45, 2.75) is 25.8 Å². The minimum Gasteiger partial charge on any atom is -0.342 e. The Bertz CT molecular complexity index is 1410. The van der Waals surface area contributed by atoms with E-state index < -0.39 is 0 Å². The van der Waals surface area contributed by atoms with E-state index in [0.717, 1.165) is 49.0 Å². The fourth-order valence-corrected chi connectivity index (χ4v) is 6.11. The van der Waals surface area contributed by atoms with Crippen LogP contribution in [0.5, 0.6) is 0 Å². The molecule has 1 atom stereocenters. The van der Waals surface area contributed by atoms with Crippen LogP contribution in [-0.2, 0) is 17.8 Å². The maximum Gasteiger partial charge on any atom is 0.270 e. The highest BCUT2D eigenvalue weighted by atomic mass is 32.1. The highest BCUT2D eigenvalue weighted by Gasteiger charge is 2.32. The van der Waals surface area contributed by atoms with Gasteiger partial charge in [-0.3, -0.25) is 14.6 Å². The Balaban J connectivity index is 1.26. The molecule has 2 aromatic heterocycles. The summed E-state index contributed by atoms with van der Waals surface area (Å²) in [5, 5.41) is 2.00. The molecule has 0 bridgehead atoms. The third-order valence-electron chi connectivity index (χ3n) is 7.01. The lowest BCUT2D eigenvalue weighted by molar-refractivity contribution is -0.136. The van der Waals surface area contributed by atoms with Crippen LogP contribution in [0.3, 0.4) is 0 Å². The third-order valence-corrected chi connectivity index (χ3v) is 7.98. The molecule has 7 heteroatoms. The van der Waals surface area contributed by atoms with Crippen molar-refractivity contribution in [2.75, 3.05) is 24.5 Å². The van der Waals surface area contributed by atoms with Crippen molar-refractivity contribution in [2.24, 2.45) is 5.92 Å². The number of H-pyrrole nitrogens is 1. The Labute approximate surface area is 201 Å². The van der Waals surface area contributed by atoms with Gasteiger partial charge in [0.05, 0.1) is 11.4 Å². The van der Waals surface area contributed by atoms with E-state index in [1.165, 1.54) is 22.5 Å². The van der Waals surface area contributed by atoms with Gasteiger partial charge in [-0.25, -0.2) is 4.98 Å². The summed E-state index contributed by atoms with van der Waals surface area (Å²) in [6, 6.07) is 18.4. The molecule has 0 saturated carbocycles. The van der Waals surface area contributed by atoms with Gasteiger partial charge in [-0.2, -0.15) is 0 Å². The quantitative estimate of drug-likeness (QED) is 0.480. The van der Waals surface area contributed by atoms with Gasteiger partial charge < -0.3 is 9.80 Å². The lowest BCUT2D eigenvalue weighted by Crippen LogP contribution is -2.47. The van der Waals surface area contributed by atoms with Gasteiger partial charge in [0, 0.05) is 37.1 Å². The first-order valence-electron chi connectivity index (χ1n) is 11.8. The summed E-state index contributed by atoms with van der Waals surface area (Å²) in [6.07, 6.45) is 2.68.